The van der Waals surface area contributed by atoms with E-state index in [1.165, 1.54) is 61.5 Å². The van der Waals surface area contributed by atoms with Crippen LogP contribution in [0.25, 0.3) is 0 Å². The average molecular weight is 324 g/mol. The highest BCUT2D eigenvalue weighted by molar-refractivity contribution is 5.14. The van der Waals surface area contributed by atoms with E-state index in [2.05, 4.69) is 37.4 Å². The van der Waals surface area contributed by atoms with Crippen LogP contribution in [0.1, 0.15) is 44.1 Å². The summed E-state index contributed by atoms with van der Waals surface area (Å²) in [6, 6.07) is 12.9. The number of aryl methyl sites for hydroxylation is 1. The molecule has 2 aliphatic rings. The molecule has 0 aromatic heterocycles. The third-order valence-electron chi connectivity index (χ3n) is 5.52. The molecule has 2 bridgehead atoms. The fraction of sp³-hybridized carbons (Fsp3) is 0.647. The van der Waals surface area contributed by atoms with Crippen molar-refractivity contribution in [2.75, 3.05) is 13.6 Å². The van der Waals surface area contributed by atoms with E-state index in [0.29, 0.717) is 0 Å². The van der Waals surface area contributed by atoms with Crippen molar-refractivity contribution in [3.8, 4) is 0 Å². The second kappa shape index (κ2) is 6.41. The third-order valence-corrected chi connectivity index (χ3v) is 5.52. The molecular weight excluding hydrogens is 298 g/mol. The largest absolute Gasteiger partial charge is 1.00 e. The van der Waals surface area contributed by atoms with Crippen LogP contribution in [0, 0.1) is 0 Å². The zero-order valence-electron chi connectivity index (χ0n) is 12.0. The van der Waals surface area contributed by atoms with Gasteiger partial charge >= 0.3 is 0 Å². The van der Waals surface area contributed by atoms with Gasteiger partial charge in [0.15, 0.2) is 0 Å². The summed E-state index contributed by atoms with van der Waals surface area (Å²) < 4.78 is 1.40. The van der Waals surface area contributed by atoms with Crippen molar-refractivity contribution in [3.63, 3.8) is 0 Å². The summed E-state index contributed by atoms with van der Waals surface area (Å²) in [4.78, 5) is 0. The first-order valence-corrected chi connectivity index (χ1v) is 7.68. The molecule has 3 rings (SSSR count). The van der Waals surface area contributed by atoms with Crippen molar-refractivity contribution in [1.29, 1.82) is 0 Å². The molecule has 0 radical (unpaired) electrons. The normalized spacial score (nSPS) is 32.9. The first-order valence-electron chi connectivity index (χ1n) is 7.68. The van der Waals surface area contributed by atoms with Crippen molar-refractivity contribution in [2.45, 2.75) is 57.0 Å². The molecule has 2 heteroatoms. The molecule has 1 aromatic rings. The van der Waals surface area contributed by atoms with Crippen LogP contribution >= 0.6 is 0 Å². The monoisotopic (exact) mass is 323 g/mol. The quantitative estimate of drug-likeness (QED) is 0.719. The minimum Gasteiger partial charge on any atom is -1.00 e. The number of piperidine rings is 1. The number of fused-ring (bicyclic) bond motifs is 2. The van der Waals surface area contributed by atoms with Gasteiger partial charge in [-0.2, -0.15) is 0 Å². The summed E-state index contributed by atoms with van der Waals surface area (Å²) in [5.74, 6) is 0. The van der Waals surface area contributed by atoms with Gasteiger partial charge in [-0.1, -0.05) is 30.3 Å². The molecule has 0 amide bonds. The van der Waals surface area contributed by atoms with Gasteiger partial charge in [0, 0.05) is 19.3 Å². The summed E-state index contributed by atoms with van der Waals surface area (Å²) in [6.07, 6.45) is 10.1. The zero-order valence-corrected chi connectivity index (χ0v) is 13.6. The van der Waals surface area contributed by atoms with Gasteiger partial charge in [0.1, 0.15) is 0 Å². The molecule has 19 heavy (non-hydrogen) atoms. The second-order valence-corrected chi connectivity index (χ2v) is 6.48. The van der Waals surface area contributed by atoms with E-state index in [1.807, 2.05) is 0 Å². The van der Waals surface area contributed by atoms with Crippen molar-refractivity contribution in [3.05, 3.63) is 35.9 Å². The number of hydrogen-bond acceptors (Lipinski definition) is 0. The standard InChI is InChI=1S/C17H26N.BrH/c1-18(16-10-5-11-17(18)13-12-16)14-6-9-15-7-3-2-4-8-15;/h2-4,7-8,16-17H,5-6,9-14H2,1H3;1H/q+1;/p-1. The SMILES string of the molecule is C[N+]1(CCCc2ccccc2)C2CCCC1CC2.[Br-]. The van der Waals surface area contributed by atoms with Gasteiger partial charge in [-0.05, 0) is 31.2 Å². The molecule has 2 unspecified atom stereocenters. The Morgan fingerprint density at radius 1 is 1.00 bits per heavy atom. The average Bonchev–Trinajstić information content (AvgIpc) is 2.59. The molecule has 2 atom stereocenters. The molecule has 1 aromatic carbocycles. The van der Waals surface area contributed by atoms with Crippen LogP contribution in [0.5, 0.6) is 0 Å². The molecule has 2 aliphatic heterocycles. The Morgan fingerprint density at radius 2 is 1.63 bits per heavy atom. The molecule has 0 spiro atoms. The molecule has 2 fully saturated rings. The Morgan fingerprint density at radius 3 is 2.26 bits per heavy atom. The molecule has 0 aliphatic carbocycles. The van der Waals surface area contributed by atoms with E-state index in [4.69, 9.17) is 0 Å². The van der Waals surface area contributed by atoms with Crippen LogP contribution in [0.2, 0.25) is 0 Å². The van der Waals surface area contributed by atoms with Crippen molar-refractivity contribution < 1.29 is 21.5 Å². The van der Waals surface area contributed by atoms with Crippen molar-refractivity contribution >= 4 is 0 Å². The van der Waals surface area contributed by atoms with Gasteiger partial charge in [0.05, 0.1) is 25.7 Å². The van der Waals surface area contributed by atoms with Gasteiger partial charge in [-0.25, -0.2) is 0 Å². The number of benzene rings is 1. The van der Waals surface area contributed by atoms with Crippen LogP contribution in [0.15, 0.2) is 30.3 Å². The topological polar surface area (TPSA) is 0 Å². The van der Waals surface area contributed by atoms with Crippen LogP contribution in [0.3, 0.4) is 0 Å². The first kappa shape index (κ1) is 15.1. The highest BCUT2D eigenvalue weighted by atomic mass is 79.9. The molecule has 1 nitrogen and oxygen atoms in total. The predicted molar refractivity (Wildman–Crippen MR) is 76.5 cm³/mol. The minimum absolute atomic E-state index is 0. The number of quaternary nitrogens is 1. The van der Waals surface area contributed by atoms with Crippen molar-refractivity contribution in [2.24, 2.45) is 0 Å². The molecular formula is C17H26BrN. The zero-order chi connectivity index (χ0) is 12.4. The Balaban J connectivity index is 0.00000133. The Kier molecular flexibility index (Phi) is 5.08. The van der Waals surface area contributed by atoms with Crippen LogP contribution < -0.4 is 17.0 Å². The lowest BCUT2D eigenvalue weighted by atomic mass is 9.98. The predicted octanol–water partition coefficient (Wildman–Crippen LogP) is 0.785. The lowest BCUT2D eigenvalue weighted by Crippen LogP contribution is -3.00. The van der Waals surface area contributed by atoms with Crippen LogP contribution in [-0.2, 0) is 6.42 Å². The maximum Gasteiger partial charge on any atom is 0.0892 e. The third kappa shape index (κ3) is 3.05. The summed E-state index contributed by atoms with van der Waals surface area (Å²) in [5, 5.41) is 0. The number of rotatable bonds is 4. The van der Waals surface area contributed by atoms with E-state index in [1.54, 1.807) is 0 Å². The van der Waals surface area contributed by atoms with E-state index < -0.39 is 0 Å². The smallest absolute Gasteiger partial charge is 0.0892 e. The van der Waals surface area contributed by atoms with E-state index in [0.717, 1.165) is 12.1 Å². The summed E-state index contributed by atoms with van der Waals surface area (Å²) in [5.41, 5.74) is 1.51. The summed E-state index contributed by atoms with van der Waals surface area (Å²) in [7, 11) is 2.53. The van der Waals surface area contributed by atoms with Gasteiger partial charge < -0.3 is 21.5 Å². The van der Waals surface area contributed by atoms with E-state index >= 15 is 0 Å². The van der Waals surface area contributed by atoms with Gasteiger partial charge in [0.25, 0.3) is 0 Å². The number of halogens is 1. The number of nitrogens with zero attached hydrogens (tertiary/aromatic N) is 1. The maximum atomic E-state index is 2.53. The van der Waals surface area contributed by atoms with Gasteiger partial charge in [0.2, 0.25) is 0 Å². The van der Waals surface area contributed by atoms with E-state index in [9.17, 15) is 0 Å². The first-order chi connectivity index (χ1) is 8.79. The Hall–Kier alpha value is -0.340. The van der Waals surface area contributed by atoms with Gasteiger partial charge in [-0.3, -0.25) is 0 Å². The van der Waals surface area contributed by atoms with Gasteiger partial charge in [-0.15, -0.1) is 0 Å². The fourth-order valence-corrected chi connectivity index (χ4v) is 4.37. The van der Waals surface area contributed by atoms with Crippen molar-refractivity contribution in [1.82, 2.24) is 0 Å². The lowest BCUT2D eigenvalue weighted by molar-refractivity contribution is -0.948. The maximum absolute atomic E-state index is 2.53. The Bertz CT molecular complexity index is 374. The lowest BCUT2D eigenvalue weighted by Gasteiger charge is -2.45. The highest BCUT2D eigenvalue weighted by Gasteiger charge is 2.47. The second-order valence-electron chi connectivity index (χ2n) is 6.48. The van der Waals surface area contributed by atoms with Crippen LogP contribution in [0.4, 0.5) is 0 Å². The minimum atomic E-state index is 0. The van der Waals surface area contributed by atoms with E-state index in [-0.39, 0.29) is 17.0 Å². The molecule has 0 saturated carbocycles. The summed E-state index contributed by atoms with van der Waals surface area (Å²) >= 11 is 0. The molecule has 106 valence electrons. The Labute approximate surface area is 128 Å². The fourth-order valence-electron chi connectivity index (χ4n) is 4.37. The highest BCUT2D eigenvalue weighted by Crippen LogP contribution is 2.41. The molecule has 0 N–H and O–H groups in total. The van der Waals surface area contributed by atoms with Crippen LogP contribution in [-0.4, -0.2) is 30.2 Å². The molecule has 2 saturated heterocycles. The number of hydrogen-bond donors (Lipinski definition) is 0. The summed E-state index contributed by atoms with van der Waals surface area (Å²) in [6.45, 7) is 1.39. The molecule has 2 heterocycles.